The number of hydrogen-bond donors (Lipinski definition) is 0. The maximum absolute atomic E-state index is 5.64. The Labute approximate surface area is 108 Å². The molecular formula is C16H17NO. The fourth-order valence-corrected chi connectivity index (χ4v) is 2.64. The van der Waals surface area contributed by atoms with E-state index in [1.807, 2.05) is 6.07 Å². The van der Waals surface area contributed by atoms with Crippen molar-refractivity contribution in [2.75, 3.05) is 12.0 Å². The molecule has 1 heterocycles. The molecule has 0 spiro atoms. The Morgan fingerprint density at radius 3 is 2.50 bits per heavy atom. The monoisotopic (exact) mass is 239 g/mol. The lowest BCUT2D eigenvalue weighted by molar-refractivity contribution is 0.0970. The fourth-order valence-electron chi connectivity index (χ4n) is 2.64. The van der Waals surface area contributed by atoms with Gasteiger partial charge in [0.05, 0.1) is 0 Å². The number of para-hydroxylation sites is 2. The average molecular weight is 239 g/mol. The molecule has 1 aliphatic heterocycles. The molecule has 2 aromatic rings. The number of hydrogen-bond acceptors (Lipinski definition) is 2. The molecule has 2 heteroatoms. The van der Waals surface area contributed by atoms with Gasteiger partial charge < -0.3 is 9.64 Å². The number of nitrogens with zero attached hydrogens (tertiary/aromatic N) is 1. The molecule has 0 amide bonds. The van der Waals surface area contributed by atoms with Crippen LogP contribution >= 0.6 is 0 Å². The zero-order valence-electron chi connectivity index (χ0n) is 10.5. The summed E-state index contributed by atoms with van der Waals surface area (Å²) in [6, 6.07) is 19.0. The Balaban J connectivity index is 2.09. The van der Waals surface area contributed by atoms with E-state index in [0.29, 0.717) is 0 Å². The molecule has 1 unspecified atom stereocenters. The summed E-state index contributed by atoms with van der Waals surface area (Å²) in [5.41, 5.74) is 3.85. The van der Waals surface area contributed by atoms with Gasteiger partial charge in [0, 0.05) is 18.5 Å². The maximum Gasteiger partial charge on any atom is 0.134 e. The normalized spacial score (nSPS) is 18.5. The third kappa shape index (κ3) is 1.89. The number of ether oxygens (including phenoxy) is 1. The Kier molecular flexibility index (Phi) is 3.03. The van der Waals surface area contributed by atoms with Gasteiger partial charge in [-0.05, 0) is 36.6 Å². The first-order valence-electron chi connectivity index (χ1n) is 6.35. The second-order valence-electron chi connectivity index (χ2n) is 4.56. The van der Waals surface area contributed by atoms with E-state index in [4.69, 9.17) is 4.74 Å². The molecule has 3 rings (SSSR count). The van der Waals surface area contributed by atoms with E-state index in [1.54, 1.807) is 7.11 Å². The predicted octanol–water partition coefficient (Wildman–Crippen LogP) is 3.74. The first kappa shape index (κ1) is 11.3. The zero-order chi connectivity index (χ0) is 12.4. The summed E-state index contributed by atoms with van der Waals surface area (Å²) in [5, 5.41) is 0. The standard InChI is InChI=1S/C16H17NO/c1-18-16-12-11-13-7-5-6-10-15(13)17(16)14-8-3-2-4-9-14/h2-10,16H,11-12H2,1H3. The molecule has 2 aromatic carbocycles. The summed E-state index contributed by atoms with van der Waals surface area (Å²) >= 11 is 0. The van der Waals surface area contributed by atoms with Gasteiger partial charge in [0.25, 0.3) is 0 Å². The second kappa shape index (κ2) is 4.83. The van der Waals surface area contributed by atoms with Gasteiger partial charge in [0.15, 0.2) is 0 Å². The van der Waals surface area contributed by atoms with Gasteiger partial charge in [-0.25, -0.2) is 0 Å². The average Bonchev–Trinajstić information content (AvgIpc) is 2.47. The first-order chi connectivity index (χ1) is 8.90. The summed E-state index contributed by atoms with van der Waals surface area (Å²) in [7, 11) is 1.79. The SMILES string of the molecule is COC1CCc2ccccc2N1c1ccccc1. The molecule has 0 aliphatic carbocycles. The molecule has 0 bridgehead atoms. The van der Waals surface area contributed by atoms with E-state index in [0.717, 1.165) is 12.8 Å². The second-order valence-corrected chi connectivity index (χ2v) is 4.56. The van der Waals surface area contributed by atoms with Crippen LogP contribution in [-0.4, -0.2) is 13.3 Å². The highest BCUT2D eigenvalue weighted by molar-refractivity contribution is 5.68. The van der Waals surface area contributed by atoms with Gasteiger partial charge in [0.1, 0.15) is 6.23 Å². The van der Waals surface area contributed by atoms with Crippen LogP contribution in [0.15, 0.2) is 54.6 Å². The van der Waals surface area contributed by atoms with Gasteiger partial charge in [-0.1, -0.05) is 36.4 Å². The third-order valence-corrected chi connectivity index (χ3v) is 3.51. The molecular weight excluding hydrogens is 222 g/mol. The summed E-state index contributed by atoms with van der Waals surface area (Å²) in [6.45, 7) is 0. The lowest BCUT2D eigenvalue weighted by Gasteiger charge is -2.37. The summed E-state index contributed by atoms with van der Waals surface area (Å²) in [5.74, 6) is 0. The van der Waals surface area contributed by atoms with Gasteiger partial charge >= 0.3 is 0 Å². The smallest absolute Gasteiger partial charge is 0.134 e. The van der Waals surface area contributed by atoms with E-state index in [9.17, 15) is 0 Å². The number of fused-ring (bicyclic) bond motifs is 1. The van der Waals surface area contributed by atoms with Crippen LogP contribution in [0.25, 0.3) is 0 Å². The van der Waals surface area contributed by atoms with E-state index in [-0.39, 0.29) is 6.23 Å². The molecule has 2 nitrogen and oxygen atoms in total. The molecule has 0 fully saturated rings. The van der Waals surface area contributed by atoms with Crippen molar-refractivity contribution in [2.45, 2.75) is 19.1 Å². The van der Waals surface area contributed by atoms with Crippen LogP contribution in [0.4, 0.5) is 11.4 Å². The minimum absolute atomic E-state index is 0.127. The number of methoxy groups -OCH3 is 1. The van der Waals surface area contributed by atoms with Gasteiger partial charge in [-0.3, -0.25) is 0 Å². The lowest BCUT2D eigenvalue weighted by Crippen LogP contribution is -2.36. The molecule has 0 saturated heterocycles. The largest absolute Gasteiger partial charge is 0.361 e. The summed E-state index contributed by atoms with van der Waals surface area (Å²) in [6.07, 6.45) is 2.24. The summed E-state index contributed by atoms with van der Waals surface area (Å²) < 4.78 is 5.64. The number of benzene rings is 2. The number of anilines is 2. The van der Waals surface area contributed by atoms with Crippen molar-refractivity contribution in [2.24, 2.45) is 0 Å². The van der Waals surface area contributed by atoms with Crippen LogP contribution in [-0.2, 0) is 11.2 Å². The van der Waals surface area contributed by atoms with Crippen molar-refractivity contribution >= 4 is 11.4 Å². The summed E-state index contributed by atoms with van der Waals surface area (Å²) in [4.78, 5) is 2.29. The predicted molar refractivity (Wildman–Crippen MR) is 74.1 cm³/mol. The van der Waals surface area contributed by atoms with Crippen molar-refractivity contribution < 1.29 is 4.74 Å². The van der Waals surface area contributed by atoms with Gasteiger partial charge in [-0.2, -0.15) is 0 Å². The third-order valence-electron chi connectivity index (χ3n) is 3.51. The molecule has 1 atom stereocenters. The Bertz CT molecular complexity index is 524. The zero-order valence-corrected chi connectivity index (χ0v) is 10.5. The van der Waals surface area contributed by atoms with E-state index < -0.39 is 0 Å². The molecule has 0 aromatic heterocycles. The van der Waals surface area contributed by atoms with Crippen molar-refractivity contribution in [1.29, 1.82) is 0 Å². The van der Waals surface area contributed by atoms with Crippen LogP contribution in [0.5, 0.6) is 0 Å². The van der Waals surface area contributed by atoms with E-state index >= 15 is 0 Å². The first-order valence-corrected chi connectivity index (χ1v) is 6.35. The quantitative estimate of drug-likeness (QED) is 0.791. The van der Waals surface area contributed by atoms with Crippen molar-refractivity contribution in [1.82, 2.24) is 0 Å². The molecule has 0 radical (unpaired) electrons. The van der Waals surface area contributed by atoms with Crippen molar-refractivity contribution in [3.63, 3.8) is 0 Å². The van der Waals surface area contributed by atoms with Crippen LogP contribution < -0.4 is 4.90 Å². The van der Waals surface area contributed by atoms with Crippen LogP contribution in [0.2, 0.25) is 0 Å². The van der Waals surface area contributed by atoms with Crippen molar-refractivity contribution in [3.05, 3.63) is 60.2 Å². The van der Waals surface area contributed by atoms with E-state index in [1.165, 1.54) is 16.9 Å². The highest BCUT2D eigenvalue weighted by Gasteiger charge is 2.26. The topological polar surface area (TPSA) is 12.5 Å². The Hall–Kier alpha value is -1.80. The van der Waals surface area contributed by atoms with Crippen LogP contribution in [0.3, 0.4) is 0 Å². The minimum Gasteiger partial charge on any atom is -0.361 e. The Morgan fingerprint density at radius 2 is 1.72 bits per heavy atom. The fraction of sp³-hybridized carbons (Fsp3) is 0.250. The van der Waals surface area contributed by atoms with Gasteiger partial charge in [0.2, 0.25) is 0 Å². The van der Waals surface area contributed by atoms with Gasteiger partial charge in [-0.15, -0.1) is 0 Å². The lowest BCUT2D eigenvalue weighted by atomic mass is 10.00. The number of aryl methyl sites for hydroxylation is 1. The van der Waals surface area contributed by atoms with Crippen LogP contribution in [0, 0.1) is 0 Å². The van der Waals surface area contributed by atoms with Crippen molar-refractivity contribution in [3.8, 4) is 0 Å². The highest BCUT2D eigenvalue weighted by Crippen LogP contribution is 2.36. The maximum atomic E-state index is 5.64. The molecule has 0 saturated carbocycles. The van der Waals surface area contributed by atoms with Crippen LogP contribution in [0.1, 0.15) is 12.0 Å². The Morgan fingerprint density at radius 1 is 1.00 bits per heavy atom. The molecule has 18 heavy (non-hydrogen) atoms. The number of rotatable bonds is 2. The van der Waals surface area contributed by atoms with E-state index in [2.05, 4.69) is 53.4 Å². The minimum atomic E-state index is 0.127. The highest BCUT2D eigenvalue weighted by atomic mass is 16.5. The molecule has 92 valence electrons. The molecule has 1 aliphatic rings. The molecule has 0 N–H and O–H groups in total.